The molecule has 0 saturated heterocycles. The fourth-order valence-electron chi connectivity index (χ4n) is 5.31. The Hall–Kier alpha value is -2.34. The lowest BCUT2D eigenvalue weighted by molar-refractivity contribution is 0.662. The summed E-state index contributed by atoms with van der Waals surface area (Å²) in [5.74, 6) is 0.538. The third-order valence-corrected chi connectivity index (χ3v) is 6.97. The van der Waals surface area contributed by atoms with Gasteiger partial charge in [-0.3, -0.25) is 0 Å². The molecule has 1 atom stereocenters. The average molecular weight is 441 g/mol. The van der Waals surface area contributed by atoms with E-state index >= 15 is 0 Å². The quantitative estimate of drug-likeness (QED) is 0.232. The third kappa shape index (κ3) is 6.59. The monoisotopic (exact) mass is 440 g/mol. The van der Waals surface area contributed by atoms with E-state index in [1.165, 1.54) is 86.5 Å². The maximum atomic E-state index is 2.60. The van der Waals surface area contributed by atoms with Crippen LogP contribution in [-0.4, -0.2) is 0 Å². The Morgan fingerprint density at radius 2 is 1.03 bits per heavy atom. The summed E-state index contributed by atoms with van der Waals surface area (Å²) < 4.78 is 0. The van der Waals surface area contributed by atoms with Crippen LogP contribution in [0, 0.1) is 0 Å². The predicted molar refractivity (Wildman–Crippen MR) is 147 cm³/mol. The van der Waals surface area contributed by atoms with E-state index in [0.717, 1.165) is 0 Å². The van der Waals surface area contributed by atoms with Crippen LogP contribution in [0.4, 0.5) is 0 Å². The van der Waals surface area contributed by atoms with Crippen LogP contribution in [0.25, 0.3) is 22.3 Å². The van der Waals surface area contributed by atoms with Crippen molar-refractivity contribution in [1.82, 2.24) is 0 Å². The lowest BCUT2D eigenvalue weighted by Crippen LogP contribution is -2.08. The van der Waals surface area contributed by atoms with Gasteiger partial charge >= 0.3 is 0 Å². The van der Waals surface area contributed by atoms with E-state index in [0.29, 0.717) is 5.92 Å². The summed E-state index contributed by atoms with van der Waals surface area (Å²) in [5.41, 5.74) is 10.5. The molecule has 0 radical (unpaired) electrons. The van der Waals surface area contributed by atoms with Gasteiger partial charge in [-0.05, 0) is 77.0 Å². The molecule has 0 N–H and O–H groups in total. The molecular weight excluding hydrogens is 396 g/mol. The van der Waals surface area contributed by atoms with Crippen molar-refractivity contribution in [3.05, 3.63) is 83.4 Å². The largest absolute Gasteiger partial charge is 0.0654 e. The molecule has 0 aliphatic rings. The molecule has 0 spiro atoms. The Morgan fingerprint density at radius 3 is 1.42 bits per heavy atom. The molecule has 176 valence electrons. The second-order valence-corrected chi connectivity index (χ2v) is 9.69. The summed E-state index contributed by atoms with van der Waals surface area (Å²) in [6.45, 7) is 9.40. The van der Waals surface area contributed by atoms with E-state index in [9.17, 15) is 0 Å². The van der Waals surface area contributed by atoms with Crippen LogP contribution in [-0.2, 0) is 12.8 Å². The van der Waals surface area contributed by atoms with Crippen molar-refractivity contribution < 1.29 is 0 Å². The first-order chi connectivity index (χ1) is 16.2. The van der Waals surface area contributed by atoms with E-state index < -0.39 is 0 Å². The van der Waals surface area contributed by atoms with Crippen molar-refractivity contribution in [2.75, 3.05) is 0 Å². The molecule has 0 saturated carbocycles. The first-order valence-corrected chi connectivity index (χ1v) is 13.5. The summed E-state index contributed by atoms with van der Waals surface area (Å²) in [5, 5.41) is 0. The van der Waals surface area contributed by atoms with Gasteiger partial charge in [0, 0.05) is 0 Å². The van der Waals surface area contributed by atoms with Crippen LogP contribution in [0.1, 0.15) is 102 Å². The number of benzene rings is 3. The number of hydrogen-bond acceptors (Lipinski definition) is 0. The number of hydrogen-bond donors (Lipinski definition) is 0. The molecule has 0 fully saturated rings. The molecule has 0 aromatic heterocycles. The standard InChI is InChI=1S/C33H44/c1-5-8-12-23-29-25-30(24-13-9-6-2)33(28-21-16-11-17-22-28)31(26(4)18-7-3)32(29)27-19-14-10-15-20-27/h10-11,14-17,19-22,25-26H,5-9,12-13,18,23-24H2,1-4H3. The molecule has 0 aliphatic carbocycles. The van der Waals surface area contributed by atoms with Gasteiger partial charge in [-0.1, -0.05) is 127 Å². The lowest BCUT2D eigenvalue weighted by atomic mass is 9.77. The minimum atomic E-state index is 0.538. The van der Waals surface area contributed by atoms with Crippen molar-refractivity contribution in [1.29, 1.82) is 0 Å². The zero-order valence-corrected chi connectivity index (χ0v) is 21.5. The Kier molecular flexibility index (Phi) is 10.3. The van der Waals surface area contributed by atoms with E-state index in [1.807, 2.05) is 0 Å². The van der Waals surface area contributed by atoms with Gasteiger partial charge in [-0.15, -0.1) is 0 Å². The molecule has 0 heterocycles. The van der Waals surface area contributed by atoms with Crippen molar-refractivity contribution in [3.63, 3.8) is 0 Å². The lowest BCUT2D eigenvalue weighted by Gasteiger charge is -2.27. The molecule has 3 aromatic carbocycles. The number of aryl methyl sites for hydroxylation is 2. The zero-order chi connectivity index (χ0) is 23.5. The first kappa shape index (κ1) is 25.3. The molecule has 0 aliphatic heterocycles. The SMILES string of the molecule is CCCCCc1cc(CCCCC)c(-c2ccccc2)c(C(C)CCC)c1-c1ccccc1. The van der Waals surface area contributed by atoms with E-state index in [2.05, 4.69) is 94.4 Å². The second-order valence-electron chi connectivity index (χ2n) is 9.69. The summed E-state index contributed by atoms with van der Waals surface area (Å²) >= 11 is 0. The van der Waals surface area contributed by atoms with Gasteiger partial charge in [0.25, 0.3) is 0 Å². The van der Waals surface area contributed by atoms with Crippen molar-refractivity contribution in [2.45, 2.75) is 97.8 Å². The Labute approximate surface area is 203 Å². The summed E-state index contributed by atoms with van der Waals surface area (Å²) in [6.07, 6.45) is 12.5. The van der Waals surface area contributed by atoms with Gasteiger partial charge in [-0.25, -0.2) is 0 Å². The van der Waals surface area contributed by atoms with Gasteiger partial charge in [-0.2, -0.15) is 0 Å². The molecule has 0 bridgehead atoms. The van der Waals surface area contributed by atoms with E-state index in [-0.39, 0.29) is 0 Å². The molecule has 0 heteroatoms. The minimum Gasteiger partial charge on any atom is -0.0654 e. The number of unbranched alkanes of at least 4 members (excludes halogenated alkanes) is 4. The van der Waals surface area contributed by atoms with Gasteiger partial charge in [0.2, 0.25) is 0 Å². The predicted octanol–water partition coefficient (Wildman–Crippen LogP) is 10.4. The third-order valence-electron chi connectivity index (χ3n) is 6.97. The second kappa shape index (κ2) is 13.4. The van der Waals surface area contributed by atoms with Crippen molar-refractivity contribution in [3.8, 4) is 22.3 Å². The van der Waals surface area contributed by atoms with Crippen molar-refractivity contribution in [2.24, 2.45) is 0 Å². The molecule has 0 nitrogen and oxygen atoms in total. The Morgan fingerprint density at radius 1 is 0.576 bits per heavy atom. The molecule has 33 heavy (non-hydrogen) atoms. The highest BCUT2D eigenvalue weighted by atomic mass is 14.3. The van der Waals surface area contributed by atoms with Crippen LogP contribution in [0.2, 0.25) is 0 Å². The van der Waals surface area contributed by atoms with Gasteiger partial charge in [0.1, 0.15) is 0 Å². The van der Waals surface area contributed by atoms with Crippen LogP contribution in [0.5, 0.6) is 0 Å². The summed E-state index contributed by atoms with van der Waals surface area (Å²) in [7, 11) is 0. The number of rotatable bonds is 13. The zero-order valence-electron chi connectivity index (χ0n) is 21.5. The highest BCUT2D eigenvalue weighted by molar-refractivity contribution is 5.84. The highest BCUT2D eigenvalue weighted by Crippen LogP contribution is 2.44. The molecule has 1 unspecified atom stereocenters. The van der Waals surface area contributed by atoms with Crippen LogP contribution < -0.4 is 0 Å². The summed E-state index contributed by atoms with van der Waals surface area (Å²) in [4.78, 5) is 0. The Bertz CT molecular complexity index is 881. The smallest absolute Gasteiger partial charge is 0.0111 e. The van der Waals surface area contributed by atoms with Gasteiger partial charge < -0.3 is 0 Å². The van der Waals surface area contributed by atoms with Gasteiger partial charge in [0.15, 0.2) is 0 Å². The highest BCUT2D eigenvalue weighted by Gasteiger charge is 2.23. The summed E-state index contributed by atoms with van der Waals surface area (Å²) in [6, 6.07) is 25.0. The van der Waals surface area contributed by atoms with Gasteiger partial charge in [0.05, 0.1) is 0 Å². The minimum absolute atomic E-state index is 0.538. The average Bonchev–Trinajstić information content (AvgIpc) is 2.85. The fourth-order valence-corrected chi connectivity index (χ4v) is 5.31. The molecular formula is C33H44. The Balaban J connectivity index is 2.31. The molecule has 3 rings (SSSR count). The van der Waals surface area contributed by atoms with Crippen molar-refractivity contribution >= 4 is 0 Å². The molecule has 0 amide bonds. The van der Waals surface area contributed by atoms with Crippen LogP contribution >= 0.6 is 0 Å². The fraction of sp³-hybridized carbons (Fsp3) is 0.455. The van der Waals surface area contributed by atoms with Crippen LogP contribution in [0.3, 0.4) is 0 Å². The maximum absolute atomic E-state index is 2.60. The maximum Gasteiger partial charge on any atom is -0.0111 e. The first-order valence-electron chi connectivity index (χ1n) is 13.5. The molecule has 3 aromatic rings. The normalized spacial score (nSPS) is 12.1. The topological polar surface area (TPSA) is 0 Å². The van der Waals surface area contributed by atoms with E-state index in [4.69, 9.17) is 0 Å². The van der Waals surface area contributed by atoms with E-state index in [1.54, 1.807) is 16.7 Å². The van der Waals surface area contributed by atoms with Crippen LogP contribution in [0.15, 0.2) is 66.7 Å².